The van der Waals surface area contributed by atoms with Crippen LogP contribution in [0.4, 0.5) is 17.6 Å². The molecule has 7 heteroatoms. The second kappa shape index (κ2) is 11.1. The van der Waals surface area contributed by atoms with Crippen molar-refractivity contribution in [3.63, 3.8) is 0 Å². The topological polar surface area (TPSA) is 35.0 Å². The smallest absolute Gasteiger partial charge is 0.267 e. The Hall–Kier alpha value is -2.70. The molecule has 0 bridgehead atoms. The quantitative estimate of drug-likeness (QED) is 0.358. The van der Waals surface area contributed by atoms with Crippen molar-refractivity contribution in [2.45, 2.75) is 47.5 Å². The zero-order valence-corrected chi connectivity index (χ0v) is 18.4. The summed E-state index contributed by atoms with van der Waals surface area (Å²) in [5.74, 6) is -0.910. The third-order valence-corrected chi connectivity index (χ3v) is 4.56. The fourth-order valence-electron chi connectivity index (χ4n) is 3.42. The lowest BCUT2D eigenvalue weighted by Gasteiger charge is -2.17. The van der Waals surface area contributed by atoms with E-state index in [2.05, 4.69) is 23.8 Å². The van der Waals surface area contributed by atoms with Gasteiger partial charge in [-0.1, -0.05) is 34.6 Å². The number of pyridine rings is 2. The van der Waals surface area contributed by atoms with E-state index in [4.69, 9.17) is 4.74 Å². The van der Waals surface area contributed by atoms with E-state index in [1.54, 1.807) is 0 Å². The van der Waals surface area contributed by atoms with E-state index in [0.29, 0.717) is 12.5 Å². The lowest BCUT2D eigenvalue weighted by atomic mass is 10.00. The number of alkyl halides is 2. The van der Waals surface area contributed by atoms with Gasteiger partial charge in [0.1, 0.15) is 17.4 Å². The van der Waals surface area contributed by atoms with Crippen LogP contribution in [0, 0.1) is 23.5 Å². The summed E-state index contributed by atoms with van der Waals surface area (Å²) in [6, 6.07) is 4.47. The van der Waals surface area contributed by atoms with Crippen molar-refractivity contribution in [2.24, 2.45) is 11.8 Å². The monoisotopic (exact) mass is 436 g/mol. The summed E-state index contributed by atoms with van der Waals surface area (Å²) < 4.78 is 60.8. The average Bonchev–Trinajstić information content (AvgIpc) is 2.72. The van der Waals surface area contributed by atoms with Gasteiger partial charge in [-0.3, -0.25) is 9.97 Å². The van der Waals surface area contributed by atoms with Crippen molar-refractivity contribution in [3.05, 3.63) is 53.9 Å². The van der Waals surface area contributed by atoms with Crippen LogP contribution in [0.3, 0.4) is 0 Å². The minimum absolute atomic E-state index is 0.00392. The fraction of sp³-hybridized carbons (Fsp3) is 0.417. The molecule has 3 aromatic rings. The Kier molecular flexibility index (Phi) is 8.77. The Morgan fingerprint density at radius 2 is 1.71 bits per heavy atom. The predicted molar refractivity (Wildman–Crippen MR) is 115 cm³/mol. The summed E-state index contributed by atoms with van der Waals surface area (Å²) in [6.07, 6.45) is 0.710. The second-order valence-corrected chi connectivity index (χ2v) is 7.59. The molecule has 0 aliphatic carbocycles. The maximum Gasteiger partial charge on any atom is 0.267 e. The van der Waals surface area contributed by atoms with Gasteiger partial charge < -0.3 is 4.74 Å². The summed E-state index contributed by atoms with van der Waals surface area (Å²) in [4.78, 5) is 8.15. The van der Waals surface area contributed by atoms with Crippen LogP contribution >= 0.6 is 0 Å². The van der Waals surface area contributed by atoms with Gasteiger partial charge in [0, 0.05) is 29.3 Å². The number of nitrogens with zero attached hydrogens (tertiary/aromatic N) is 2. The molecular weight excluding hydrogens is 408 g/mol. The second-order valence-electron chi connectivity index (χ2n) is 7.59. The highest BCUT2D eigenvalue weighted by Gasteiger charge is 2.20. The largest absolute Gasteiger partial charge is 0.491 e. The van der Waals surface area contributed by atoms with Crippen molar-refractivity contribution in [1.29, 1.82) is 0 Å². The van der Waals surface area contributed by atoms with Crippen molar-refractivity contribution in [1.82, 2.24) is 9.97 Å². The van der Waals surface area contributed by atoms with Crippen molar-refractivity contribution >= 4 is 10.9 Å². The van der Waals surface area contributed by atoms with Gasteiger partial charge in [0.15, 0.2) is 0 Å². The molecule has 31 heavy (non-hydrogen) atoms. The molecular formula is C24H28F4N2O. The van der Waals surface area contributed by atoms with Gasteiger partial charge in [-0.2, -0.15) is 0 Å². The Bertz CT molecular complexity index is 1010. The summed E-state index contributed by atoms with van der Waals surface area (Å²) >= 11 is 0. The van der Waals surface area contributed by atoms with Crippen molar-refractivity contribution < 1.29 is 22.3 Å². The molecule has 0 fully saturated rings. The van der Waals surface area contributed by atoms with Crippen LogP contribution in [-0.4, -0.2) is 16.6 Å². The molecule has 2 heterocycles. The molecule has 3 nitrogen and oxygen atoms in total. The van der Waals surface area contributed by atoms with Crippen LogP contribution in [0.5, 0.6) is 5.75 Å². The molecule has 0 N–H and O–H groups in total. The molecule has 0 saturated carbocycles. The van der Waals surface area contributed by atoms with E-state index < -0.39 is 18.1 Å². The molecule has 1 unspecified atom stereocenters. The lowest BCUT2D eigenvalue weighted by Crippen LogP contribution is -2.12. The molecule has 0 amide bonds. The summed E-state index contributed by atoms with van der Waals surface area (Å²) in [5.41, 5.74) is 0.164. The number of aromatic nitrogens is 2. The van der Waals surface area contributed by atoms with Gasteiger partial charge in [0.25, 0.3) is 6.43 Å². The van der Waals surface area contributed by atoms with E-state index >= 15 is 0 Å². The number of benzene rings is 1. The van der Waals surface area contributed by atoms with Crippen LogP contribution in [0.1, 0.15) is 53.0 Å². The summed E-state index contributed by atoms with van der Waals surface area (Å²) in [5, 5.41) is 0.0286. The van der Waals surface area contributed by atoms with Crippen LogP contribution < -0.4 is 4.74 Å². The Labute approximate surface area is 180 Å². The molecule has 0 spiro atoms. The first kappa shape index (κ1) is 24.6. The first-order chi connectivity index (χ1) is 14.8. The van der Waals surface area contributed by atoms with E-state index in [9.17, 15) is 17.6 Å². The number of hydrogen-bond acceptors (Lipinski definition) is 3. The zero-order chi connectivity index (χ0) is 23.1. The molecule has 0 aliphatic heterocycles. The highest BCUT2D eigenvalue weighted by Crippen LogP contribution is 2.35. The minimum Gasteiger partial charge on any atom is -0.491 e. The van der Waals surface area contributed by atoms with Gasteiger partial charge in [0.05, 0.1) is 29.6 Å². The number of fused-ring (bicyclic) bond motifs is 1. The fourth-order valence-corrected chi connectivity index (χ4v) is 3.42. The van der Waals surface area contributed by atoms with Gasteiger partial charge in [-0.15, -0.1) is 0 Å². The van der Waals surface area contributed by atoms with Crippen molar-refractivity contribution in [2.75, 3.05) is 6.61 Å². The standard InChI is InChI=1S/C22H22F4N2O.C2H6/c1-12(2)6-13(3)11-29-20-10-28-18(9-16(20)22(25)26)15-4-5-27-19-8-14(23)7-17(24)21(15)19;1-2/h4-5,7-10,12-13,22H,6,11H2,1-3H3;1-2H3. The van der Waals surface area contributed by atoms with Gasteiger partial charge in [-0.25, -0.2) is 17.6 Å². The molecule has 0 aliphatic rings. The van der Waals surface area contributed by atoms with Crippen LogP contribution in [0.25, 0.3) is 22.2 Å². The maximum absolute atomic E-state index is 14.4. The van der Waals surface area contributed by atoms with E-state index in [0.717, 1.165) is 18.6 Å². The molecule has 1 atom stereocenters. The number of ether oxygens (including phenoxy) is 1. The highest BCUT2D eigenvalue weighted by atomic mass is 19.3. The van der Waals surface area contributed by atoms with Crippen LogP contribution in [0.2, 0.25) is 0 Å². The molecule has 0 radical (unpaired) electrons. The SMILES string of the molecule is CC.CC(C)CC(C)COc1cnc(-c2ccnc3cc(F)cc(F)c23)cc1C(F)F. The summed E-state index contributed by atoms with van der Waals surface area (Å²) in [7, 11) is 0. The third kappa shape index (κ3) is 6.15. The van der Waals surface area contributed by atoms with Crippen LogP contribution in [-0.2, 0) is 0 Å². The molecule has 168 valence electrons. The molecule has 0 saturated heterocycles. The maximum atomic E-state index is 14.4. The van der Waals surface area contributed by atoms with Crippen molar-refractivity contribution in [3.8, 4) is 17.0 Å². The Morgan fingerprint density at radius 1 is 1.00 bits per heavy atom. The molecule has 3 rings (SSSR count). The number of halogens is 4. The average molecular weight is 436 g/mol. The normalized spacial score (nSPS) is 12.1. The van der Waals surface area contributed by atoms with Gasteiger partial charge >= 0.3 is 0 Å². The van der Waals surface area contributed by atoms with E-state index in [1.165, 1.54) is 24.5 Å². The lowest BCUT2D eigenvalue weighted by molar-refractivity contribution is 0.142. The Morgan fingerprint density at radius 3 is 2.35 bits per heavy atom. The molecule has 2 aromatic heterocycles. The van der Waals surface area contributed by atoms with E-state index in [1.807, 2.05) is 20.8 Å². The zero-order valence-electron chi connectivity index (χ0n) is 18.4. The number of rotatable bonds is 7. The number of hydrogen-bond donors (Lipinski definition) is 0. The first-order valence-corrected chi connectivity index (χ1v) is 10.4. The molecule has 1 aromatic carbocycles. The minimum atomic E-state index is -2.79. The van der Waals surface area contributed by atoms with Gasteiger partial charge in [-0.05, 0) is 30.4 Å². The predicted octanol–water partition coefficient (Wildman–Crippen LogP) is 7.60. The third-order valence-electron chi connectivity index (χ3n) is 4.56. The van der Waals surface area contributed by atoms with E-state index in [-0.39, 0.29) is 39.4 Å². The Balaban J connectivity index is 0.00000166. The van der Waals surface area contributed by atoms with Gasteiger partial charge in [0.2, 0.25) is 0 Å². The first-order valence-electron chi connectivity index (χ1n) is 10.4. The highest BCUT2D eigenvalue weighted by molar-refractivity contribution is 5.94. The van der Waals surface area contributed by atoms with Crippen LogP contribution in [0.15, 0.2) is 36.7 Å². The summed E-state index contributed by atoms with van der Waals surface area (Å²) in [6.45, 7) is 10.5.